The number of aromatic nitrogens is 1. The lowest BCUT2D eigenvalue weighted by atomic mass is 9.96. The van der Waals surface area contributed by atoms with E-state index in [-0.39, 0.29) is 24.2 Å². The molecule has 1 aromatic heterocycles. The van der Waals surface area contributed by atoms with Crippen molar-refractivity contribution in [3.05, 3.63) is 30.0 Å². The molecule has 0 bridgehead atoms. The Labute approximate surface area is 156 Å². The number of benzene rings is 1. The van der Waals surface area contributed by atoms with Gasteiger partial charge in [-0.05, 0) is 31.0 Å². The summed E-state index contributed by atoms with van der Waals surface area (Å²) in [4.78, 5) is 25.4. The van der Waals surface area contributed by atoms with Gasteiger partial charge in [-0.2, -0.15) is 0 Å². The molecule has 1 aromatic carbocycles. The standard InChI is InChI=1S/C19H21N3O5/c20-19(24)12-3-5-22(6-4-12)18(23)11-14-10-16(27-21-14)13-1-2-15-17(9-13)26-8-7-25-15/h1-2,9-10,12H,3-8,11H2,(H2,20,24). The third kappa shape index (κ3) is 3.74. The maximum absolute atomic E-state index is 12.5. The summed E-state index contributed by atoms with van der Waals surface area (Å²) >= 11 is 0. The van der Waals surface area contributed by atoms with Crippen molar-refractivity contribution >= 4 is 11.8 Å². The predicted octanol–water partition coefficient (Wildman–Crippen LogP) is 1.38. The van der Waals surface area contributed by atoms with Crippen molar-refractivity contribution in [3.63, 3.8) is 0 Å². The summed E-state index contributed by atoms with van der Waals surface area (Å²) in [6, 6.07) is 7.31. The van der Waals surface area contributed by atoms with Crippen molar-refractivity contribution in [2.45, 2.75) is 19.3 Å². The third-order valence-electron chi connectivity index (χ3n) is 4.97. The van der Waals surface area contributed by atoms with Gasteiger partial charge in [0, 0.05) is 30.6 Å². The highest BCUT2D eigenvalue weighted by Gasteiger charge is 2.26. The highest BCUT2D eigenvalue weighted by Crippen LogP contribution is 2.34. The number of piperidine rings is 1. The first kappa shape index (κ1) is 17.4. The minimum absolute atomic E-state index is 0.0278. The first-order valence-corrected chi connectivity index (χ1v) is 9.03. The highest BCUT2D eigenvalue weighted by atomic mass is 16.6. The predicted molar refractivity (Wildman–Crippen MR) is 95.1 cm³/mol. The molecule has 4 rings (SSSR count). The Hall–Kier alpha value is -3.03. The van der Waals surface area contributed by atoms with E-state index in [0.29, 0.717) is 62.1 Å². The first-order chi connectivity index (χ1) is 13.1. The van der Waals surface area contributed by atoms with E-state index in [1.165, 1.54) is 0 Å². The molecule has 2 aromatic rings. The monoisotopic (exact) mass is 371 g/mol. The van der Waals surface area contributed by atoms with Crippen LogP contribution in [-0.4, -0.2) is 48.2 Å². The van der Waals surface area contributed by atoms with Crippen LogP contribution in [0.5, 0.6) is 11.5 Å². The topological polar surface area (TPSA) is 108 Å². The van der Waals surface area contributed by atoms with Crippen LogP contribution < -0.4 is 15.2 Å². The van der Waals surface area contributed by atoms with Crippen LogP contribution in [0.25, 0.3) is 11.3 Å². The number of carbonyl (C=O) groups excluding carboxylic acids is 2. The number of hydrogen-bond donors (Lipinski definition) is 1. The van der Waals surface area contributed by atoms with Crippen LogP contribution in [0.3, 0.4) is 0 Å². The fourth-order valence-corrected chi connectivity index (χ4v) is 3.41. The van der Waals surface area contributed by atoms with E-state index >= 15 is 0 Å². The molecule has 0 spiro atoms. The molecule has 0 aliphatic carbocycles. The van der Waals surface area contributed by atoms with Gasteiger partial charge in [0.25, 0.3) is 0 Å². The van der Waals surface area contributed by atoms with Crippen molar-refractivity contribution < 1.29 is 23.6 Å². The Morgan fingerprint density at radius 3 is 2.59 bits per heavy atom. The van der Waals surface area contributed by atoms with E-state index in [2.05, 4.69) is 5.16 Å². The largest absolute Gasteiger partial charge is 0.486 e. The smallest absolute Gasteiger partial charge is 0.228 e. The zero-order valence-electron chi connectivity index (χ0n) is 14.8. The Morgan fingerprint density at radius 1 is 1.11 bits per heavy atom. The van der Waals surface area contributed by atoms with Gasteiger partial charge >= 0.3 is 0 Å². The zero-order valence-corrected chi connectivity index (χ0v) is 14.8. The molecule has 2 N–H and O–H groups in total. The minimum atomic E-state index is -0.289. The second-order valence-corrected chi connectivity index (χ2v) is 6.78. The summed E-state index contributed by atoms with van der Waals surface area (Å²) in [5.74, 6) is 1.50. The summed E-state index contributed by atoms with van der Waals surface area (Å²) in [5, 5.41) is 4.01. The van der Waals surface area contributed by atoms with Crippen molar-refractivity contribution in [2.75, 3.05) is 26.3 Å². The number of fused-ring (bicyclic) bond motifs is 1. The molecule has 142 valence electrons. The van der Waals surface area contributed by atoms with Crippen molar-refractivity contribution in [1.29, 1.82) is 0 Å². The van der Waals surface area contributed by atoms with Crippen LogP contribution in [-0.2, 0) is 16.0 Å². The molecular formula is C19H21N3O5. The molecule has 0 unspecified atom stereocenters. The second-order valence-electron chi connectivity index (χ2n) is 6.78. The average molecular weight is 371 g/mol. The summed E-state index contributed by atoms with van der Waals surface area (Å²) in [7, 11) is 0. The van der Waals surface area contributed by atoms with Crippen molar-refractivity contribution in [3.8, 4) is 22.8 Å². The van der Waals surface area contributed by atoms with Gasteiger partial charge in [0.05, 0.1) is 12.1 Å². The van der Waals surface area contributed by atoms with Gasteiger partial charge in [0.15, 0.2) is 17.3 Å². The van der Waals surface area contributed by atoms with Gasteiger partial charge in [-0.25, -0.2) is 0 Å². The third-order valence-corrected chi connectivity index (χ3v) is 4.97. The maximum atomic E-state index is 12.5. The highest BCUT2D eigenvalue weighted by molar-refractivity contribution is 5.80. The van der Waals surface area contributed by atoms with Gasteiger partial charge < -0.3 is 24.6 Å². The number of nitrogens with two attached hydrogens (primary N) is 1. The van der Waals surface area contributed by atoms with Gasteiger partial charge in [-0.15, -0.1) is 0 Å². The lowest BCUT2D eigenvalue weighted by Crippen LogP contribution is -2.42. The molecule has 0 saturated carbocycles. The van der Waals surface area contributed by atoms with Crippen LogP contribution in [0, 0.1) is 5.92 Å². The van der Waals surface area contributed by atoms with Gasteiger partial charge in [-0.1, -0.05) is 5.16 Å². The lowest BCUT2D eigenvalue weighted by Gasteiger charge is -2.30. The fraction of sp³-hybridized carbons (Fsp3) is 0.421. The lowest BCUT2D eigenvalue weighted by molar-refractivity contribution is -0.134. The molecule has 8 nitrogen and oxygen atoms in total. The summed E-state index contributed by atoms with van der Waals surface area (Å²) in [6.45, 7) is 2.13. The number of likely N-dealkylation sites (tertiary alicyclic amines) is 1. The molecule has 0 atom stereocenters. The Morgan fingerprint density at radius 2 is 1.85 bits per heavy atom. The Bertz CT molecular complexity index is 855. The molecule has 0 radical (unpaired) electrons. The van der Waals surface area contributed by atoms with Gasteiger partial charge in [-0.3, -0.25) is 9.59 Å². The number of amides is 2. The number of ether oxygens (including phenoxy) is 2. The average Bonchev–Trinajstić information content (AvgIpc) is 3.16. The Kier molecular flexibility index (Phi) is 4.70. The minimum Gasteiger partial charge on any atom is -0.486 e. The molecule has 1 saturated heterocycles. The van der Waals surface area contributed by atoms with Crippen LogP contribution in [0.4, 0.5) is 0 Å². The summed E-state index contributed by atoms with van der Waals surface area (Å²) in [5.41, 5.74) is 6.72. The molecule has 3 heterocycles. The van der Waals surface area contributed by atoms with Crippen LogP contribution in [0.1, 0.15) is 18.5 Å². The molecule has 27 heavy (non-hydrogen) atoms. The number of carbonyl (C=O) groups is 2. The number of nitrogens with zero attached hydrogens (tertiary/aromatic N) is 2. The SMILES string of the molecule is NC(=O)C1CCN(C(=O)Cc2cc(-c3ccc4c(c3)OCCO4)on2)CC1. The van der Waals surface area contributed by atoms with E-state index in [1.807, 2.05) is 18.2 Å². The molecular weight excluding hydrogens is 350 g/mol. The van der Waals surface area contributed by atoms with Crippen LogP contribution in [0.15, 0.2) is 28.8 Å². The van der Waals surface area contributed by atoms with E-state index in [4.69, 9.17) is 19.7 Å². The van der Waals surface area contributed by atoms with Gasteiger partial charge in [0.2, 0.25) is 11.8 Å². The molecule has 8 heteroatoms. The summed E-state index contributed by atoms with van der Waals surface area (Å²) < 4.78 is 16.5. The quantitative estimate of drug-likeness (QED) is 0.870. The fourth-order valence-electron chi connectivity index (χ4n) is 3.41. The van der Waals surface area contributed by atoms with Crippen LogP contribution >= 0.6 is 0 Å². The number of hydrogen-bond acceptors (Lipinski definition) is 6. The number of rotatable bonds is 4. The normalized spacial score (nSPS) is 17.0. The zero-order chi connectivity index (χ0) is 18.8. The molecule has 2 aliphatic rings. The van der Waals surface area contributed by atoms with E-state index in [0.717, 1.165) is 5.56 Å². The Balaban J connectivity index is 1.40. The number of primary amides is 1. The van der Waals surface area contributed by atoms with Gasteiger partial charge in [0.1, 0.15) is 13.2 Å². The van der Waals surface area contributed by atoms with E-state index in [9.17, 15) is 9.59 Å². The van der Waals surface area contributed by atoms with Crippen molar-refractivity contribution in [1.82, 2.24) is 10.1 Å². The first-order valence-electron chi connectivity index (χ1n) is 9.03. The van der Waals surface area contributed by atoms with Crippen LogP contribution in [0.2, 0.25) is 0 Å². The maximum Gasteiger partial charge on any atom is 0.228 e. The van der Waals surface area contributed by atoms with E-state index < -0.39 is 0 Å². The molecule has 2 amide bonds. The molecule has 2 aliphatic heterocycles. The second kappa shape index (κ2) is 7.30. The molecule has 1 fully saturated rings. The van der Waals surface area contributed by atoms with E-state index in [1.54, 1.807) is 11.0 Å². The summed E-state index contributed by atoms with van der Waals surface area (Å²) in [6.07, 6.45) is 1.39. The van der Waals surface area contributed by atoms with Crippen molar-refractivity contribution in [2.24, 2.45) is 11.7 Å².